The minimum atomic E-state index is 0.0850. The third kappa shape index (κ3) is 11.0. The summed E-state index contributed by atoms with van der Waals surface area (Å²) in [7, 11) is 0. The lowest BCUT2D eigenvalue weighted by Gasteiger charge is -2.36. The highest BCUT2D eigenvalue weighted by molar-refractivity contribution is 6.43. The summed E-state index contributed by atoms with van der Waals surface area (Å²) in [6.07, 6.45) is 7.44. The van der Waals surface area contributed by atoms with Crippen LogP contribution in [0.5, 0.6) is 0 Å². The molecule has 1 heterocycles. The first kappa shape index (κ1) is 27.2. The Morgan fingerprint density at radius 2 is 1.70 bits per heavy atom. The molecular formula is C24H40Cl2N2O2. The number of likely N-dealkylation sites (N-methyl/N-ethyl adjacent to an activating group) is 1. The van der Waals surface area contributed by atoms with Crippen molar-refractivity contribution >= 4 is 34.7 Å². The number of carbonyl (C=O) groups is 1. The van der Waals surface area contributed by atoms with E-state index in [1.165, 1.54) is 39.0 Å². The van der Waals surface area contributed by atoms with Gasteiger partial charge in [-0.05, 0) is 38.4 Å². The second-order valence-electron chi connectivity index (χ2n) is 8.08. The molecule has 0 aromatic heterocycles. The molecule has 2 fully saturated rings. The average molecular weight is 460 g/mol. The van der Waals surface area contributed by atoms with E-state index >= 15 is 0 Å². The number of benzene rings is 1. The van der Waals surface area contributed by atoms with E-state index in [0.717, 1.165) is 44.3 Å². The molecule has 30 heavy (non-hydrogen) atoms. The number of ketones is 1. The smallest absolute Gasteiger partial charge is 0.155 e. The zero-order valence-electron chi connectivity index (χ0n) is 19.3. The van der Waals surface area contributed by atoms with Gasteiger partial charge in [0.25, 0.3) is 0 Å². The molecule has 3 rings (SSSR count). The molecule has 0 amide bonds. The zero-order valence-corrected chi connectivity index (χ0v) is 20.8. The quantitative estimate of drug-likeness (QED) is 0.515. The molecule has 0 atom stereocenters. The van der Waals surface area contributed by atoms with E-state index < -0.39 is 0 Å². The van der Waals surface area contributed by atoms with Gasteiger partial charge in [-0.2, -0.15) is 0 Å². The normalized spacial score (nSPS) is 17.5. The van der Waals surface area contributed by atoms with E-state index in [9.17, 15) is 4.79 Å². The SMILES string of the molecule is CC1CCCCC1.CCN1CCN(c2cccc(Cl)c2Cl)CC1.CCOCC(C)=O. The highest BCUT2D eigenvalue weighted by Gasteiger charge is 2.18. The first-order valence-electron chi connectivity index (χ1n) is 11.4. The minimum Gasteiger partial charge on any atom is -0.374 e. The van der Waals surface area contributed by atoms with E-state index in [4.69, 9.17) is 27.9 Å². The molecule has 1 aliphatic heterocycles. The maximum Gasteiger partial charge on any atom is 0.155 e. The third-order valence-corrected chi connectivity index (χ3v) is 6.30. The first-order valence-corrected chi connectivity index (χ1v) is 12.1. The predicted molar refractivity (Wildman–Crippen MR) is 130 cm³/mol. The summed E-state index contributed by atoms with van der Waals surface area (Å²) >= 11 is 12.2. The minimum absolute atomic E-state index is 0.0850. The molecule has 4 nitrogen and oxygen atoms in total. The van der Waals surface area contributed by atoms with E-state index in [2.05, 4.69) is 23.6 Å². The summed E-state index contributed by atoms with van der Waals surface area (Å²) in [4.78, 5) is 14.8. The Bertz CT molecular complexity index is 599. The number of halogens is 2. The van der Waals surface area contributed by atoms with Crippen molar-refractivity contribution in [3.8, 4) is 0 Å². The summed E-state index contributed by atoms with van der Waals surface area (Å²) in [5, 5.41) is 1.31. The fraction of sp³-hybridized carbons (Fsp3) is 0.708. The lowest BCUT2D eigenvalue weighted by molar-refractivity contribution is -0.121. The molecule has 0 radical (unpaired) electrons. The highest BCUT2D eigenvalue weighted by Crippen LogP contribution is 2.32. The van der Waals surface area contributed by atoms with Gasteiger partial charge in [0, 0.05) is 32.8 Å². The summed E-state index contributed by atoms with van der Waals surface area (Å²) < 4.78 is 4.75. The number of hydrogen-bond acceptors (Lipinski definition) is 4. The number of carbonyl (C=O) groups excluding carboxylic acids is 1. The Morgan fingerprint density at radius 1 is 1.07 bits per heavy atom. The molecule has 0 N–H and O–H groups in total. The summed E-state index contributed by atoms with van der Waals surface area (Å²) in [6, 6.07) is 5.82. The lowest BCUT2D eigenvalue weighted by Crippen LogP contribution is -2.46. The van der Waals surface area contributed by atoms with E-state index in [-0.39, 0.29) is 12.4 Å². The van der Waals surface area contributed by atoms with Crippen LogP contribution in [0.25, 0.3) is 0 Å². The Balaban J connectivity index is 0.000000267. The number of anilines is 1. The van der Waals surface area contributed by atoms with Crippen molar-refractivity contribution in [2.24, 2.45) is 5.92 Å². The largest absolute Gasteiger partial charge is 0.374 e. The van der Waals surface area contributed by atoms with Crippen LogP contribution in [-0.2, 0) is 9.53 Å². The number of rotatable bonds is 5. The van der Waals surface area contributed by atoms with Gasteiger partial charge >= 0.3 is 0 Å². The van der Waals surface area contributed by atoms with Crippen LogP contribution in [0.2, 0.25) is 10.0 Å². The standard InChI is InChI=1S/C12H16Cl2N2.C7H14.C5H10O2/c1-2-15-6-8-16(9-7-15)11-5-3-4-10(13)12(11)14;1-7-5-3-2-4-6-7;1-3-7-4-5(2)6/h3-5H,2,6-9H2,1H3;7H,2-6H2,1H3;3-4H2,1-2H3. The van der Waals surface area contributed by atoms with Crippen molar-refractivity contribution in [2.45, 2.75) is 59.8 Å². The molecule has 1 saturated heterocycles. The zero-order chi connectivity index (χ0) is 22.4. The number of Topliss-reactive ketones (excluding diaryl/α,β-unsaturated/α-hetero) is 1. The van der Waals surface area contributed by atoms with E-state index in [1.54, 1.807) is 0 Å². The maximum absolute atomic E-state index is 10.1. The molecular weight excluding hydrogens is 419 g/mol. The number of piperazine rings is 1. The van der Waals surface area contributed by atoms with Crippen LogP contribution in [-0.4, -0.2) is 56.6 Å². The second-order valence-corrected chi connectivity index (χ2v) is 8.86. The van der Waals surface area contributed by atoms with Gasteiger partial charge in [-0.15, -0.1) is 0 Å². The molecule has 0 unspecified atom stereocenters. The van der Waals surface area contributed by atoms with Crippen molar-refractivity contribution in [1.29, 1.82) is 0 Å². The molecule has 1 aliphatic carbocycles. The molecule has 2 aliphatic rings. The Kier molecular flexibility index (Phi) is 14.4. The van der Waals surface area contributed by atoms with Crippen molar-refractivity contribution < 1.29 is 9.53 Å². The van der Waals surface area contributed by atoms with Gasteiger partial charge in [0.2, 0.25) is 0 Å². The Labute approximate surface area is 193 Å². The van der Waals surface area contributed by atoms with Crippen LogP contribution < -0.4 is 4.90 Å². The number of nitrogens with zero attached hydrogens (tertiary/aromatic N) is 2. The van der Waals surface area contributed by atoms with Crippen molar-refractivity contribution in [2.75, 3.05) is 50.8 Å². The van der Waals surface area contributed by atoms with Gasteiger partial charge in [-0.1, -0.05) is 75.2 Å². The number of ether oxygens (including phenoxy) is 1. The van der Waals surface area contributed by atoms with Crippen LogP contribution in [0.4, 0.5) is 5.69 Å². The summed E-state index contributed by atoms with van der Waals surface area (Å²) in [6.45, 7) is 14.2. The monoisotopic (exact) mass is 458 g/mol. The summed E-state index contributed by atoms with van der Waals surface area (Å²) in [5.74, 6) is 1.12. The molecule has 6 heteroatoms. The summed E-state index contributed by atoms with van der Waals surface area (Å²) in [5.41, 5.74) is 1.06. The van der Waals surface area contributed by atoms with E-state index in [1.807, 2.05) is 25.1 Å². The fourth-order valence-electron chi connectivity index (χ4n) is 3.59. The van der Waals surface area contributed by atoms with Gasteiger partial charge in [-0.25, -0.2) is 0 Å². The molecule has 1 aromatic rings. The molecule has 0 spiro atoms. The van der Waals surface area contributed by atoms with Crippen LogP contribution in [0.15, 0.2) is 18.2 Å². The van der Waals surface area contributed by atoms with E-state index in [0.29, 0.717) is 16.7 Å². The van der Waals surface area contributed by atoms with Crippen LogP contribution in [0.1, 0.15) is 59.8 Å². The van der Waals surface area contributed by atoms with Crippen molar-refractivity contribution in [3.05, 3.63) is 28.2 Å². The van der Waals surface area contributed by atoms with Gasteiger partial charge in [0.05, 0.1) is 15.7 Å². The maximum atomic E-state index is 10.1. The Hall–Kier alpha value is -0.810. The highest BCUT2D eigenvalue weighted by atomic mass is 35.5. The molecule has 172 valence electrons. The third-order valence-electron chi connectivity index (χ3n) is 5.49. The molecule has 1 aromatic carbocycles. The van der Waals surface area contributed by atoms with Crippen LogP contribution in [0, 0.1) is 5.92 Å². The van der Waals surface area contributed by atoms with Gasteiger partial charge < -0.3 is 14.5 Å². The van der Waals surface area contributed by atoms with Crippen LogP contribution in [0.3, 0.4) is 0 Å². The predicted octanol–water partition coefficient (Wildman–Crippen LogP) is 6.33. The average Bonchev–Trinajstić information content (AvgIpc) is 2.76. The molecule has 1 saturated carbocycles. The lowest BCUT2D eigenvalue weighted by atomic mass is 9.91. The topological polar surface area (TPSA) is 32.8 Å². The molecule has 0 bridgehead atoms. The second kappa shape index (κ2) is 15.9. The number of hydrogen-bond donors (Lipinski definition) is 0. The van der Waals surface area contributed by atoms with Crippen molar-refractivity contribution in [1.82, 2.24) is 4.90 Å². The van der Waals surface area contributed by atoms with Gasteiger partial charge in [-0.3, -0.25) is 4.79 Å². The van der Waals surface area contributed by atoms with Gasteiger partial charge in [0.15, 0.2) is 5.78 Å². The van der Waals surface area contributed by atoms with Gasteiger partial charge in [0.1, 0.15) is 6.61 Å². The first-order chi connectivity index (χ1) is 14.4. The van der Waals surface area contributed by atoms with Crippen molar-refractivity contribution in [3.63, 3.8) is 0 Å². The Morgan fingerprint density at radius 3 is 2.13 bits per heavy atom. The fourth-order valence-corrected chi connectivity index (χ4v) is 4.01. The van der Waals surface area contributed by atoms with Crippen LogP contribution >= 0.6 is 23.2 Å².